The molecular formula is C13H19NO2S. The van der Waals surface area contributed by atoms with E-state index in [1.807, 2.05) is 23.9 Å². The fourth-order valence-corrected chi connectivity index (χ4v) is 3.01. The Balaban J connectivity index is 2.12. The molecule has 1 aromatic carbocycles. The highest BCUT2D eigenvalue weighted by atomic mass is 32.2. The number of rotatable bonds is 5. The lowest BCUT2D eigenvalue weighted by molar-refractivity contribution is 0.218. The molecule has 94 valence electrons. The number of nitrogens with two attached hydrogens (primary N) is 1. The van der Waals surface area contributed by atoms with Crippen LogP contribution in [-0.4, -0.2) is 31.3 Å². The van der Waals surface area contributed by atoms with E-state index in [-0.39, 0.29) is 0 Å². The fraction of sp³-hybridized carbons (Fsp3) is 0.538. The summed E-state index contributed by atoms with van der Waals surface area (Å²) in [5.41, 5.74) is 6.77. The van der Waals surface area contributed by atoms with Gasteiger partial charge in [-0.05, 0) is 42.8 Å². The maximum atomic E-state index is 6.00. The van der Waals surface area contributed by atoms with Gasteiger partial charge in [-0.15, -0.1) is 0 Å². The summed E-state index contributed by atoms with van der Waals surface area (Å²) < 4.78 is 11.3. The summed E-state index contributed by atoms with van der Waals surface area (Å²) in [5, 5.41) is 0. The third-order valence-corrected chi connectivity index (χ3v) is 3.97. The first kappa shape index (κ1) is 12.6. The minimum Gasteiger partial charge on any atom is -0.493 e. The molecule has 0 radical (unpaired) electrons. The average Bonchev–Trinajstić information content (AvgIpc) is 2.83. The highest BCUT2D eigenvalue weighted by molar-refractivity contribution is 7.99. The summed E-state index contributed by atoms with van der Waals surface area (Å²) in [5.74, 6) is 3.92. The molecule has 2 N–H and O–H groups in total. The third-order valence-electron chi connectivity index (χ3n) is 2.84. The van der Waals surface area contributed by atoms with Crippen molar-refractivity contribution in [1.82, 2.24) is 0 Å². The van der Waals surface area contributed by atoms with Crippen molar-refractivity contribution in [2.24, 2.45) is 5.73 Å². The molecule has 0 aliphatic carbocycles. The molecule has 17 heavy (non-hydrogen) atoms. The first-order valence-corrected chi connectivity index (χ1v) is 7.10. The number of thioether (sulfide) groups is 1. The van der Waals surface area contributed by atoms with Crippen LogP contribution in [0.5, 0.6) is 11.5 Å². The number of hydrogen-bond donors (Lipinski definition) is 1. The minimum atomic E-state index is 0.321. The topological polar surface area (TPSA) is 44.5 Å². The largest absolute Gasteiger partial charge is 0.493 e. The molecule has 0 amide bonds. The van der Waals surface area contributed by atoms with Gasteiger partial charge in [-0.3, -0.25) is 0 Å². The molecule has 1 atom stereocenters. The van der Waals surface area contributed by atoms with Gasteiger partial charge in [0.25, 0.3) is 0 Å². The Morgan fingerprint density at radius 1 is 1.41 bits per heavy atom. The van der Waals surface area contributed by atoms with Crippen LogP contribution < -0.4 is 15.2 Å². The summed E-state index contributed by atoms with van der Waals surface area (Å²) in [6.07, 6.45) is 2.32. The number of methoxy groups -OCH3 is 1. The van der Waals surface area contributed by atoms with Gasteiger partial charge in [0.2, 0.25) is 0 Å². The smallest absolute Gasteiger partial charge is 0.161 e. The zero-order valence-corrected chi connectivity index (χ0v) is 11.0. The van der Waals surface area contributed by atoms with E-state index in [2.05, 4.69) is 6.07 Å². The van der Waals surface area contributed by atoms with Crippen molar-refractivity contribution in [2.75, 3.05) is 25.2 Å². The molecule has 1 aliphatic heterocycles. The third kappa shape index (κ3) is 3.30. The molecule has 1 aliphatic rings. The Morgan fingerprint density at radius 2 is 2.29 bits per heavy atom. The standard InChI is InChI=1S/C13H19NO2S/c1-15-12-3-2-10(4-6-14)8-13(12)16-11-5-7-17-9-11/h2-3,8,11H,4-7,9,14H2,1H3. The first-order valence-electron chi connectivity index (χ1n) is 5.95. The van der Waals surface area contributed by atoms with E-state index in [0.29, 0.717) is 12.6 Å². The van der Waals surface area contributed by atoms with Crippen LogP contribution in [0.1, 0.15) is 12.0 Å². The van der Waals surface area contributed by atoms with Crippen LogP contribution in [0.4, 0.5) is 0 Å². The maximum Gasteiger partial charge on any atom is 0.161 e. The molecule has 1 heterocycles. The fourth-order valence-electron chi connectivity index (χ4n) is 1.92. The Kier molecular flexibility index (Phi) is 4.57. The zero-order valence-electron chi connectivity index (χ0n) is 10.1. The number of benzene rings is 1. The molecule has 1 saturated heterocycles. The van der Waals surface area contributed by atoms with Crippen molar-refractivity contribution in [3.63, 3.8) is 0 Å². The minimum absolute atomic E-state index is 0.321. The van der Waals surface area contributed by atoms with Crippen molar-refractivity contribution >= 4 is 11.8 Å². The summed E-state index contributed by atoms with van der Waals surface area (Å²) >= 11 is 1.94. The molecule has 4 heteroatoms. The molecular weight excluding hydrogens is 234 g/mol. The lowest BCUT2D eigenvalue weighted by atomic mass is 10.1. The summed E-state index contributed by atoms with van der Waals surface area (Å²) in [6, 6.07) is 6.05. The highest BCUT2D eigenvalue weighted by Crippen LogP contribution is 2.31. The average molecular weight is 253 g/mol. The SMILES string of the molecule is COc1ccc(CCN)cc1OC1CCSC1. The molecule has 1 unspecified atom stereocenters. The molecule has 3 nitrogen and oxygen atoms in total. The van der Waals surface area contributed by atoms with Crippen molar-refractivity contribution in [2.45, 2.75) is 18.9 Å². The van der Waals surface area contributed by atoms with Crippen LogP contribution in [0.25, 0.3) is 0 Å². The Hall–Kier alpha value is -0.870. The van der Waals surface area contributed by atoms with E-state index in [0.717, 1.165) is 30.1 Å². The first-order chi connectivity index (χ1) is 8.33. The molecule has 0 spiro atoms. The highest BCUT2D eigenvalue weighted by Gasteiger charge is 2.18. The van der Waals surface area contributed by atoms with Gasteiger partial charge in [0.15, 0.2) is 11.5 Å². The quantitative estimate of drug-likeness (QED) is 0.872. The second-order valence-electron chi connectivity index (χ2n) is 4.13. The van der Waals surface area contributed by atoms with E-state index in [1.54, 1.807) is 7.11 Å². The van der Waals surface area contributed by atoms with E-state index >= 15 is 0 Å². The van der Waals surface area contributed by atoms with Gasteiger partial charge in [0.1, 0.15) is 6.10 Å². The van der Waals surface area contributed by atoms with Crippen molar-refractivity contribution < 1.29 is 9.47 Å². The van der Waals surface area contributed by atoms with E-state index in [9.17, 15) is 0 Å². The van der Waals surface area contributed by atoms with E-state index in [1.165, 1.54) is 11.3 Å². The Labute approximate surface area is 107 Å². The van der Waals surface area contributed by atoms with Crippen LogP contribution in [0, 0.1) is 0 Å². The van der Waals surface area contributed by atoms with Crippen LogP contribution in [-0.2, 0) is 6.42 Å². The summed E-state index contributed by atoms with van der Waals surface area (Å²) in [7, 11) is 1.67. The second-order valence-corrected chi connectivity index (χ2v) is 5.28. The predicted octanol–water partition coefficient (Wildman–Crippen LogP) is 2.08. The Bertz CT molecular complexity index is 364. The van der Waals surface area contributed by atoms with Crippen LogP contribution >= 0.6 is 11.8 Å². The zero-order chi connectivity index (χ0) is 12.1. The number of ether oxygens (including phenoxy) is 2. The van der Waals surface area contributed by atoms with Crippen LogP contribution in [0.2, 0.25) is 0 Å². The van der Waals surface area contributed by atoms with Gasteiger partial charge < -0.3 is 15.2 Å². The van der Waals surface area contributed by atoms with Gasteiger partial charge in [-0.2, -0.15) is 11.8 Å². The van der Waals surface area contributed by atoms with Crippen LogP contribution in [0.15, 0.2) is 18.2 Å². The van der Waals surface area contributed by atoms with Gasteiger partial charge in [-0.25, -0.2) is 0 Å². The lowest BCUT2D eigenvalue weighted by Gasteiger charge is -2.16. The summed E-state index contributed by atoms with van der Waals surface area (Å²) in [6.45, 7) is 0.658. The van der Waals surface area contributed by atoms with Gasteiger partial charge in [-0.1, -0.05) is 6.07 Å². The molecule has 1 aromatic rings. The van der Waals surface area contributed by atoms with Gasteiger partial charge in [0.05, 0.1) is 7.11 Å². The monoisotopic (exact) mass is 253 g/mol. The molecule has 0 saturated carbocycles. The Morgan fingerprint density at radius 3 is 2.94 bits per heavy atom. The van der Waals surface area contributed by atoms with E-state index < -0.39 is 0 Å². The molecule has 1 fully saturated rings. The second kappa shape index (κ2) is 6.17. The normalized spacial score (nSPS) is 19.3. The van der Waals surface area contributed by atoms with Crippen molar-refractivity contribution in [1.29, 1.82) is 0 Å². The van der Waals surface area contributed by atoms with Crippen molar-refractivity contribution in [3.05, 3.63) is 23.8 Å². The maximum absolute atomic E-state index is 6.00. The molecule has 2 rings (SSSR count). The lowest BCUT2D eigenvalue weighted by Crippen LogP contribution is -2.15. The van der Waals surface area contributed by atoms with Gasteiger partial charge in [0, 0.05) is 5.75 Å². The van der Waals surface area contributed by atoms with E-state index in [4.69, 9.17) is 15.2 Å². The van der Waals surface area contributed by atoms with Crippen molar-refractivity contribution in [3.8, 4) is 11.5 Å². The molecule has 0 aromatic heterocycles. The number of hydrogen-bond acceptors (Lipinski definition) is 4. The molecule has 0 bridgehead atoms. The summed E-state index contributed by atoms with van der Waals surface area (Å²) in [4.78, 5) is 0. The van der Waals surface area contributed by atoms with Gasteiger partial charge >= 0.3 is 0 Å². The van der Waals surface area contributed by atoms with Crippen LogP contribution in [0.3, 0.4) is 0 Å². The predicted molar refractivity (Wildman–Crippen MR) is 72.1 cm³/mol.